The minimum atomic E-state index is -0.252. The van der Waals surface area contributed by atoms with Crippen molar-refractivity contribution in [1.82, 2.24) is 0 Å². The van der Waals surface area contributed by atoms with Crippen molar-refractivity contribution in [3.63, 3.8) is 0 Å². The van der Waals surface area contributed by atoms with Gasteiger partial charge in [0.15, 0.2) is 0 Å². The summed E-state index contributed by atoms with van der Waals surface area (Å²) in [6, 6.07) is 0. The fourth-order valence-corrected chi connectivity index (χ4v) is 0.645. The summed E-state index contributed by atoms with van der Waals surface area (Å²) in [5, 5.41) is 0. The molecule has 0 bridgehead atoms. The molecule has 0 N–H and O–H groups in total. The number of alkyl halides is 1. The van der Waals surface area contributed by atoms with E-state index in [2.05, 4.69) is 0 Å². The van der Waals surface area contributed by atoms with Crippen molar-refractivity contribution in [3.8, 4) is 0 Å². The third kappa shape index (κ3) is 7.60. The average molecular weight is 132 g/mol. The summed E-state index contributed by atoms with van der Waals surface area (Å²) in [7, 11) is 0. The maximum Gasteiger partial charge on any atom is 0.129 e. The topological polar surface area (TPSA) is 17.1 Å². The first-order chi connectivity index (χ1) is 4.27. The van der Waals surface area contributed by atoms with Crippen LogP contribution < -0.4 is 0 Å². The Hall–Kier alpha value is -0.400. The highest BCUT2D eigenvalue weighted by molar-refractivity contribution is 5.75. The number of rotatable bonds is 5. The summed E-state index contributed by atoms with van der Waals surface area (Å²) in [5.74, 6) is 0.203. The highest BCUT2D eigenvalue weighted by Crippen LogP contribution is 1.99. The predicted molar refractivity (Wildman–Crippen MR) is 35.1 cm³/mol. The van der Waals surface area contributed by atoms with E-state index < -0.39 is 0 Å². The second-order valence-electron chi connectivity index (χ2n) is 2.20. The van der Waals surface area contributed by atoms with E-state index in [1.54, 1.807) is 6.92 Å². The third-order valence-corrected chi connectivity index (χ3v) is 1.16. The molecule has 1 nitrogen and oxygen atoms in total. The summed E-state index contributed by atoms with van der Waals surface area (Å²) in [4.78, 5) is 10.3. The van der Waals surface area contributed by atoms with Gasteiger partial charge in [-0.15, -0.1) is 0 Å². The molecule has 0 aromatic carbocycles. The Morgan fingerprint density at radius 1 is 1.33 bits per heavy atom. The molecule has 0 aliphatic rings. The summed E-state index contributed by atoms with van der Waals surface area (Å²) >= 11 is 0. The van der Waals surface area contributed by atoms with Gasteiger partial charge in [-0.3, -0.25) is 4.39 Å². The van der Waals surface area contributed by atoms with E-state index in [1.807, 2.05) is 0 Å². The van der Waals surface area contributed by atoms with Crippen LogP contribution in [-0.4, -0.2) is 12.5 Å². The highest BCUT2D eigenvalue weighted by Gasteiger charge is 1.91. The lowest BCUT2D eigenvalue weighted by atomic mass is 10.1. The number of halogens is 1. The van der Waals surface area contributed by atoms with Crippen molar-refractivity contribution in [2.75, 3.05) is 6.67 Å². The maximum atomic E-state index is 11.4. The number of carbonyl (C=O) groups is 1. The average Bonchev–Trinajstić information content (AvgIpc) is 1.80. The number of Topliss-reactive ketones (excluding diaryl/α,β-unsaturated/α-hetero) is 1. The third-order valence-electron chi connectivity index (χ3n) is 1.16. The first kappa shape index (κ1) is 8.60. The maximum absolute atomic E-state index is 11.4. The van der Waals surface area contributed by atoms with E-state index in [4.69, 9.17) is 0 Å². The van der Waals surface area contributed by atoms with Crippen LogP contribution in [0.3, 0.4) is 0 Å². The molecule has 54 valence electrons. The molecule has 0 atom stereocenters. The number of hydrogen-bond acceptors (Lipinski definition) is 1. The summed E-state index contributed by atoms with van der Waals surface area (Å²) < 4.78 is 11.4. The van der Waals surface area contributed by atoms with Crippen LogP contribution in [0, 0.1) is 0 Å². The molecule has 2 heteroatoms. The van der Waals surface area contributed by atoms with E-state index in [1.165, 1.54) is 0 Å². The molecule has 0 radical (unpaired) electrons. The quantitative estimate of drug-likeness (QED) is 0.523. The van der Waals surface area contributed by atoms with Crippen LogP contribution in [0.15, 0.2) is 0 Å². The molecule has 0 aliphatic carbocycles. The van der Waals surface area contributed by atoms with Gasteiger partial charge in [-0.25, -0.2) is 0 Å². The van der Waals surface area contributed by atoms with Gasteiger partial charge in [0, 0.05) is 6.42 Å². The number of hydrogen-bond donors (Lipinski definition) is 0. The first-order valence-corrected chi connectivity index (χ1v) is 3.32. The zero-order valence-corrected chi connectivity index (χ0v) is 5.82. The molecular formula is C7H13FO. The zero-order valence-electron chi connectivity index (χ0n) is 5.82. The smallest absolute Gasteiger partial charge is 0.129 e. The standard InChI is InChI=1S/C7H13FO/c1-7(9)5-3-2-4-6-8/h2-6H2,1H3. The Morgan fingerprint density at radius 2 is 2.00 bits per heavy atom. The molecule has 0 rings (SSSR count). The SMILES string of the molecule is CC(=O)CCCCCF. The molecule has 0 fully saturated rings. The molecule has 0 amide bonds. The van der Waals surface area contributed by atoms with Crippen molar-refractivity contribution in [2.24, 2.45) is 0 Å². The highest BCUT2D eigenvalue weighted by atomic mass is 19.1. The molecule has 0 aliphatic heterocycles. The second-order valence-corrected chi connectivity index (χ2v) is 2.20. The van der Waals surface area contributed by atoms with Gasteiger partial charge in [0.1, 0.15) is 5.78 Å². The van der Waals surface area contributed by atoms with E-state index in [0.717, 1.165) is 12.8 Å². The molecule has 0 spiro atoms. The van der Waals surface area contributed by atoms with Crippen LogP contribution in [0.4, 0.5) is 4.39 Å². The Balaban J connectivity index is 2.83. The van der Waals surface area contributed by atoms with Gasteiger partial charge in [-0.1, -0.05) is 6.42 Å². The van der Waals surface area contributed by atoms with Gasteiger partial charge in [-0.2, -0.15) is 0 Å². The van der Waals surface area contributed by atoms with Crippen LogP contribution >= 0.6 is 0 Å². The summed E-state index contributed by atoms with van der Waals surface area (Å²) in [5.41, 5.74) is 0. The fourth-order valence-electron chi connectivity index (χ4n) is 0.645. The largest absolute Gasteiger partial charge is 0.300 e. The van der Waals surface area contributed by atoms with Crippen molar-refractivity contribution >= 4 is 5.78 Å². The van der Waals surface area contributed by atoms with Gasteiger partial charge in [-0.05, 0) is 19.8 Å². The lowest BCUT2D eigenvalue weighted by Gasteiger charge is -1.92. The van der Waals surface area contributed by atoms with Crippen LogP contribution in [0.1, 0.15) is 32.6 Å². The van der Waals surface area contributed by atoms with Crippen molar-refractivity contribution in [3.05, 3.63) is 0 Å². The van der Waals surface area contributed by atoms with Crippen LogP contribution in [-0.2, 0) is 4.79 Å². The Kier molecular flexibility index (Phi) is 5.48. The molecular weight excluding hydrogens is 119 g/mol. The Bertz CT molecular complexity index is 81.0. The number of ketones is 1. The first-order valence-electron chi connectivity index (χ1n) is 3.32. The zero-order chi connectivity index (χ0) is 7.11. The van der Waals surface area contributed by atoms with E-state index in [0.29, 0.717) is 12.8 Å². The van der Waals surface area contributed by atoms with Gasteiger partial charge in [0.05, 0.1) is 6.67 Å². The summed E-state index contributed by atoms with van der Waals surface area (Å²) in [6.45, 7) is 1.31. The fraction of sp³-hybridized carbons (Fsp3) is 0.857. The lowest BCUT2D eigenvalue weighted by molar-refractivity contribution is -0.117. The normalized spacial score (nSPS) is 9.56. The Labute approximate surface area is 55.3 Å². The van der Waals surface area contributed by atoms with E-state index in [-0.39, 0.29) is 12.5 Å². The van der Waals surface area contributed by atoms with Gasteiger partial charge in [0.2, 0.25) is 0 Å². The predicted octanol–water partition coefficient (Wildman–Crippen LogP) is 2.11. The molecule has 9 heavy (non-hydrogen) atoms. The van der Waals surface area contributed by atoms with Crippen LogP contribution in [0.5, 0.6) is 0 Å². The monoisotopic (exact) mass is 132 g/mol. The molecule has 0 aromatic heterocycles. The van der Waals surface area contributed by atoms with Crippen molar-refractivity contribution in [2.45, 2.75) is 32.6 Å². The van der Waals surface area contributed by atoms with Gasteiger partial charge >= 0.3 is 0 Å². The summed E-state index contributed by atoms with van der Waals surface area (Å²) in [6.07, 6.45) is 2.91. The molecule has 0 heterocycles. The van der Waals surface area contributed by atoms with Crippen LogP contribution in [0.25, 0.3) is 0 Å². The molecule has 0 saturated heterocycles. The number of carbonyl (C=O) groups excluding carboxylic acids is 1. The minimum Gasteiger partial charge on any atom is -0.300 e. The lowest BCUT2D eigenvalue weighted by Crippen LogP contribution is -1.89. The number of unbranched alkanes of at least 4 members (excludes halogenated alkanes) is 2. The van der Waals surface area contributed by atoms with Crippen molar-refractivity contribution < 1.29 is 9.18 Å². The Morgan fingerprint density at radius 3 is 2.44 bits per heavy atom. The minimum absolute atomic E-state index is 0.203. The molecule has 0 aromatic rings. The molecule has 0 unspecified atom stereocenters. The van der Waals surface area contributed by atoms with Gasteiger partial charge in [0.25, 0.3) is 0 Å². The molecule has 0 saturated carbocycles. The van der Waals surface area contributed by atoms with Gasteiger partial charge < -0.3 is 4.79 Å². The van der Waals surface area contributed by atoms with Crippen LogP contribution in [0.2, 0.25) is 0 Å². The second kappa shape index (κ2) is 5.73. The van der Waals surface area contributed by atoms with Crippen molar-refractivity contribution in [1.29, 1.82) is 0 Å². The van der Waals surface area contributed by atoms with E-state index >= 15 is 0 Å². The van der Waals surface area contributed by atoms with E-state index in [9.17, 15) is 9.18 Å².